The van der Waals surface area contributed by atoms with E-state index in [-0.39, 0.29) is 11.3 Å². The van der Waals surface area contributed by atoms with Crippen LogP contribution in [0.25, 0.3) is 32.4 Å². The van der Waals surface area contributed by atoms with Gasteiger partial charge in [-0.1, -0.05) is 48.5 Å². The highest BCUT2D eigenvalue weighted by molar-refractivity contribution is 6.13. The maximum absolute atomic E-state index is 13.3. The zero-order valence-corrected chi connectivity index (χ0v) is 17.3. The predicted octanol–water partition coefficient (Wildman–Crippen LogP) is 5.21. The summed E-state index contributed by atoms with van der Waals surface area (Å²) in [6.45, 7) is 0.535. The van der Waals surface area contributed by atoms with Crippen LogP contribution in [-0.2, 0) is 13.0 Å². The average molecular weight is 420 g/mol. The first kappa shape index (κ1) is 18.6. The number of pyridine rings is 1. The molecule has 2 heterocycles. The number of rotatable bonds is 2. The number of nitrogens with one attached hydrogen (secondary N) is 1. The molecule has 1 aromatic heterocycles. The van der Waals surface area contributed by atoms with Crippen LogP contribution in [0.15, 0.2) is 77.6 Å². The van der Waals surface area contributed by atoms with E-state index in [9.17, 15) is 14.7 Å². The van der Waals surface area contributed by atoms with Crippen LogP contribution < -0.4 is 10.9 Å². The van der Waals surface area contributed by atoms with Crippen LogP contribution >= 0.6 is 0 Å². The van der Waals surface area contributed by atoms with Crippen molar-refractivity contribution in [3.05, 3.63) is 94.3 Å². The highest BCUT2D eigenvalue weighted by Crippen LogP contribution is 2.33. The number of carbonyl (C=O) groups is 1. The molecule has 0 unspecified atom stereocenters. The van der Waals surface area contributed by atoms with Gasteiger partial charge in [-0.05, 0) is 58.8 Å². The fourth-order valence-corrected chi connectivity index (χ4v) is 4.88. The SMILES string of the molecule is O=C(Nc1cccc2cc3ccccc3cc12)c1c(O)c2cccc3c2n(c1=O)CCC3. The van der Waals surface area contributed by atoms with Gasteiger partial charge in [-0.15, -0.1) is 0 Å². The van der Waals surface area contributed by atoms with Crippen molar-refractivity contribution in [1.82, 2.24) is 4.57 Å². The third-order valence-corrected chi connectivity index (χ3v) is 6.39. The lowest BCUT2D eigenvalue weighted by Gasteiger charge is -2.21. The molecule has 0 atom stereocenters. The zero-order valence-electron chi connectivity index (χ0n) is 17.3. The van der Waals surface area contributed by atoms with Gasteiger partial charge in [0, 0.05) is 23.0 Å². The molecule has 5 aromatic rings. The lowest BCUT2D eigenvalue weighted by atomic mass is 9.99. The quantitative estimate of drug-likeness (QED) is 0.385. The summed E-state index contributed by atoms with van der Waals surface area (Å²) in [6, 6.07) is 23.4. The second-order valence-corrected chi connectivity index (χ2v) is 8.28. The van der Waals surface area contributed by atoms with Gasteiger partial charge in [-0.3, -0.25) is 9.59 Å². The molecular weight excluding hydrogens is 400 g/mol. The lowest BCUT2D eigenvalue weighted by Crippen LogP contribution is -2.31. The van der Waals surface area contributed by atoms with Crippen molar-refractivity contribution in [2.75, 3.05) is 5.32 Å². The molecule has 5 heteroatoms. The molecule has 32 heavy (non-hydrogen) atoms. The topological polar surface area (TPSA) is 71.3 Å². The lowest BCUT2D eigenvalue weighted by molar-refractivity contribution is 0.102. The van der Waals surface area contributed by atoms with Crippen molar-refractivity contribution < 1.29 is 9.90 Å². The van der Waals surface area contributed by atoms with E-state index in [0.717, 1.165) is 45.5 Å². The molecule has 0 saturated carbocycles. The number of carbonyl (C=O) groups excluding carboxylic acids is 1. The molecule has 1 aliphatic heterocycles. The smallest absolute Gasteiger partial charge is 0.267 e. The Morgan fingerprint density at radius 3 is 2.47 bits per heavy atom. The van der Waals surface area contributed by atoms with E-state index >= 15 is 0 Å². The maximum atomic E-state index is 13.3. The molecule has 0 spiro atoms. The monoisotopic (exact) mass is 420 g/mol. The van der Waals surface area contributed by atoms with Crippen LogP contribution in [0.4, 0.5) is 5.69 Å². The van der Waals surface area contributed by atoms with Crippen molar-refractivity contribution >= 4 is 44.0 Å². The minimum Gasteiger partial charge on any atom is -0.506 e. The normalized spacial score (nSPS) is 13.0. The molecule has 0 fully saturated rings. The molecule has 156 valence electrons. The van der Waals surface area contributed by atoms with E-state index < -0.39 is 11.5 Å². The van der Waals surface area contributed by atoms with Crippen LogP contribution in [0.1, 0.15) is 22.3 Å². The second kappa shape index (κ2) is 6.95. The van der Waals surface area contributed by atoms with E-state index in [2.05, 4.69) is 11.4 Å². The van der Waals surface area contributed by atoms with Gasteiger partial charge in [0.15, 0.2) is 0 Å². The van der Waals surface area contributed by atoms with Crippen LogP contribution in [-0.4, -0.2) is 15.6 Å². The Bertz CT molecular complexity index is 1630. The van der Waals surface area contributed by atoms with Crippen molar-refractivity contribution in [3.63, 3.8) is 0 Å². The Balaban J connectivity index is 1.50. The van der Waals surface area contributed by atoms with E-state index in [4.69, 9.17) is 0 Å². The van der Waals surface area contributed by atoms with Crippen molar-refractivity contribution in [2.24, 2.45) is 0 Å². The number of hydrogen-bond acceptors (Lipinski definition) is 3. The maximum Gasteiger partial charge on any atom is 0.267 e. The fourth-order valence-electron chi connectivity index (χ4n) is 4.88. The Kier molecular flexibility index (Phi) is 4.05. The number of aryl methyl sites for hydroxylation is 2. The van der Waals surface area contributed by atoms with Crippen molar-refractivity contribution in [2.45, 2.75) is 19.4 Å². The minimum atomic E-state index is -0.602. The number of para-hydroxylation sites is 1. The van der Waals surface area contributed by atoms with E-state index in [1.807, 2.05) is 60.7 Å². The summed E-state index contributed by atoms with van der Waals surface area (Å²) in [5.41, 5.74) is 1.69. The van der Waals surface area contributed by atoms with Gasteiger partial charge >= 0.3 is 0 Å². The Labute approximate surface area is 183 Å². The Morgan fingerprint density at radius 2 is 1.62 bits per heavy atom. The number of fused-ring (bicyclic) bond motifs is 2. The first-order valence-corrected chi connectivity index (χ1v) is 10.7. The molecule has 0 bridgehead atoms. The van der Waals surface area contributed by atoms with Gasteiger partial charge in [0.05, 0.1) is 5.52 Å². The Morgan fingerprint density at radius 1 is 0.875 bits per heavy atom. The number of hydrogen-bond donors (Lipinski definition) is 2. The zero-order chi connectivity index (χ0) is 21.8. The summed E-state index contributed by atoms with van der Waals surface area (Å²) in [5.74, 6) is -0.858. The molecule has 4 aromatic carbocycles. The average Bonchev–Trinajstić information content (AvgIpc) is 2.81. The first-order valence-electron chi connectivity index (χ1n) is 10.7. The first-order chi connectivity index (χ1) is 15.6. The van der Waals surface area contributed by atoms with Crippen molar-refractivity contribution in [1.29, 1.82) is 0 Å². The summed E-state index contributed by atoms with van der Waals surface area (Å²) in [4.78, 5) is 26.5. The van der Waals surface area contributed by atoms with E-state index in [1.165, 1.54) is 0 Å². The van der Waals surface area contributed by atoms with Crippen LogP contribution in [0.3, 0.4) is 0 Å². The highest BCUT2D eigenvalue weighted by atomic mass is 16.3. The summed E-state index contributed by atoms with van der Waals surface area (Å²) in [7, 11) is 0. The Hall–Kier alpha value is -4.12. The molecule has 2 N–H and O–H groups in total. The minimum absolute atomic E-state index is 0.214. The number of anilines is 1. The number of aromatic hydroxyl groups is 1. The third kappa shape index (κ3) is 2.71. The van der Waals surface area contributed by atoms with Gasteiger partial charge in [0.2, 0.25) is 0 Å². The number of amides is 1. The molecular formula is C27H20N2O3. The highest BCUT2D eigenvalue weighted by Gasteiger charge is 2.25. The molecule has 6 rings (SSSR count). The number of aromatic nitrogens is 1. The van der Waals surface area contributed by atoms with E-state index in [0.29, 0.717) is 17.6 Å². The van der Waals surface area contributed by atoms with Gasteiger partial charge in [0.1, 0.15) is 11.3 Å². The summed E-state index contributed by atoms with van der Waals surface area (Å²) < 4.78 is 1.62. The largest absolute Gasteiger partial charge is 0.506 e. The third-order valence-electron chi connectivity index (χ3n) is 6.39. The van der Waals surface area contributed by atoms with Crippen LogP contribution in [0.2, 0.25) is 0 Å². The number of nitrogens with zero attached hydrogens (tertiary/aromatic N) is 1. The number of benzene rings is 4. The molecule has 5 nitrogen and oxygen atoms in total. The second-order valence-electron chi connectivity index (χ2n) is 8.28. The predicted molar refractivity (Wildman–Crippen MR) is 128 cm³/mol. The standard InChI is InChI=1S/C27H20N2O3/c30-25-20-11-3-8-16-10-5-13-29(24(16)20)27(32)23(25)26(31)28-22-12-4-9-19-14-17-6-1-2-7-18(17)15-21(19)22/h1-4,6-9,11-12,14-15,30H,5,10,13H2,(H,28,31). The fraction of sp³-hybridized carbons (Fsp3) is 0.111. The molecule has 0 radical (unpaired) electrons. The van der Waals surface area contributed by atoms with Gasteiger partial charge in [-0.2, -0.15) is 0 Å². The van der Waals surface area contributed by atoms with Crippen LogP contribution in [0, 0.1) is 0 Å². The summed E-state index contributed by atoms with van der Waals surface area (Å²) in [6.07, 6.45) is 1.68. The van der Waals surface area contributed by atoms with E-state index in [1.54, 1.807) is 10.6 Å². The molecule has 1 aliphatic rings. The van der Waals surface area contributed by atoms with Gasteiger partial charge in [-0.25, -0.2) is 0 Å². The van der Waals surface area contributed by atoms with Crippen molar-refractivity contribution in [3.8, 4) is 5.75 Å². The summed E-state index contributed by atoms with van der Waals surface area (Å²) in [5, 5.41) is 18.4. The summed E-state index contributed by atoms with van der Waals surface area (Å²) >= 11 is 0. The molecule has 1 amide bonds. The van der Waals surface area contributed by atoms with Gasteiger partial charge in [0.25, 0.3) is 11.5 Å². The van der Waals surface area contributed by atoms with Gasteiger partial charge < -0.3 is 15.0 Å². The van der Waals surface area contributed by atoms with Crippen LogP contribution in [0.5, 0.6) is 5.75 Å². The molecule has 0 saturated heterocycles. The molecule has 0 aliphatic carbocycles.